The third-order valence-electron chi connectivity index (χ3n) is 5.17. The first-order chi connectivity index (χ1) is 15.4. The van der Waals surface area contributed by atoms with Gasteiger partial charge in [-0.1, -0.05) is 36.4 Å². The van der Waals surface area contributed by atoms with E-state index in [0.29, 0.717) is 25.0 Å². The molecule has 0 bridgehead atoms. The van der Waals surface area contributed by atoms with E-state index in [9.17, 15) is 0 Å². The number of hydrogen-bond acceptors (Lipinski definition) is 7. The van der Waals surface area contributed by atoms with Crippen LogP contribution in [0.25, 0.3) is 11.4 Å². The van der Waals surface area contributed by atoms with Gasteiger partial charge < -0.3 is 14.5 Å². The molecule has 1 aliphatic rings. The zero-order chi connectivity index (χ0) is 20.9. The average molecular weight is 410 g/mol. The molecule has 0 radical (unpaired) electrons. The van der Waals surface area contributed by atoms with Crippen molar-refractivity contribution >= 4 is 23.0 Å². The van der Waals surface area contributed by atoms with Crippen LogP contribution in [0.5, 0.6) is 0 Å². The highest BCUT2D eigenvalue weighted by molar-refractivity contribution is 5.77. The van der Waals surface area contributed by atoms with E-state index in [2.05, 4.69) is 61.7 Å². The number of anilines is 4. The maximum atomic E-state index is 5.37. The van der Waals surface area contributed by atoms with E-state index in [1.807, 2.05) is 53.4 Å². The van der Waals surface area contributed by atoms with Crippen LogP contribution in [0.3, 0.4) is 0 Å². The van der Waals surface area contributed by atoms with Crippen LogP contribution in [0.15, 0.2) is 84.9 Å². The van der Waals surface area contributed by atoms with Crippen molar-refractivity contribution in [1.29, 1.82) is 0 Å². The maximum Gasteiger partial charge on any atom is 0.264 e. The van der Waals surface area contributed by atoms with Crippen molar-refractivity contribution < 1.29 is 4.74 Å². The molecule has 3 aromatic carbocycles. The molecule has 0 aliphatic carbocycles. The molecule has 31 heavy (non-hydrogen) atoms. The zero-order valence-corrected chi connectivity index (χ0v) is 17.0. The Morgan fingerprint density at radius 2 is 1.13 bits per heavy atom. The van der Waals surface area contributed by atoms with Gasteiger partial charge in [-0.3, -0.25) is 0 Å². The predicted molar refractivity (Wildman–Crippen MR) is 121 cm³/mol. The van der Waals surface area contributed by atoms with Gasteiger partial charge in [-0.2, -0.15) is 0 Å². The lowest BCUT2D eigenvalue weighted by Crippen LogP contribution is -2.37. The number of para-hydroxylation sites is 2. The Hall–Kier alpha value is -3.84. The highest BCUT2D eigenvalue weighted by Crippen LogP contribution is 2.34. The third kappa shape index (κ3) is 4.22. The molecule has 0 amide bonds. The first-order valence-electron chi connectivity index (χ1n) is 10.3. The molecule has 1 aliphatic heterocycles. The molecule has 1 saturated heterocycles. The molecule has 7 heteroatoms. The molecule has 0 atom stereocenters. The van der Waals surface area contributed by atoms with E-state index in [-0.39, 0.29) is 0 Å². The Morgan fingerprint density at radius 3 is 1.68 bits per heavy atom. The van der Waals surface area contributed by atoms with Gasteiger partial charge in [0.05, 0.1) is 13.2 Å². The average Bonchev–Trinajstić information content (AvgIpc) is 2.87. The van der Waals surface area contributed by atoms with Crippen molar-refractivity contribution in [1.82, 2.24) is 20.4 Å². The van der Waals surface area contributed by atoms with E-state index in [1.165, 1.54) is 0 Å². The van der Waals surface area contributed by atoms with Crippen molar-refractivity contribution in [3.05, 3.63) is 84.9 Å². The van der Waals surface area contributed by atoms with E-state index >= 15 is 0 Å². The second kappa shape index (κ2) is 8.89. The molecular weight excluding hydrogens is 388 g/mol. The minimum absolute atomic E-state index is 0.509. The van der Waals surface area contributed by atoms with Crippen molar-refractivity contribution in [2.75, 3.05) is 36.1 Å². The number of hydrogen-bond donors (Lipinski definition) is 0. The number of aromatic nitrogens is 4. The quantitative estimate of drug-likeness (QED) is 0.487. The smallest absolute Gasteiger partial charge is 0.264 e. The van der Waals surface area contributed by atoms with Gasteiger partial charge in [0.15, 0.2) is 0 Å². The van der Waals surface area contributed by atoms with Crippen molar-refractivity contribution in [3.63, 3.8) is 0 Å². The second-order valence-electron chi connectivity index (χ2n) is 7.18. The zero-order valence-electron chi connectivity index (χ0n) is 17.0. The number of benzene rings is 3. The van der Waals surface area contributed by atoms with Gasteiger partial charge in [-0.05, 0) is 48.5 Å². The molecule has 0 saturated carbocycles. The summed E-state index contributed by atoms with van der Waals surface area (Å²) in [6, 6.07) is 28.7. The number of ether oxygens (including phenoxy) is 1. The van der Waals surface area contributed by atoms with E-state index in [4.69, 9.17) is 4.74 Å². The summed E-state index contributed by atoms with van der Waals surface area (Å²) in [6.07, 6.45) is 0. The lowest BCUT2D eigenvalue weighted by molar-refractivity contribution is 0.122. The summed E-state index contributed by atoms with van der Waals surface area (Å²) in [6.45, 7) is 2.86. The van der Waals surface area contributed by atoms with Crippen LogP contribution in [-0.4, -0.2) is 46.7 Å². The number of morpholine rings is 1. The Kier molecular flexibility index (Phi) is 5.49. The molecule has 0 unspecified atom stereocenters. The van der Waals surface area contributed by atoms with E-state index in [0.717, 1.165) is 35.7 Å². The fourth-order valence-electron chi connectivity index (χ4n) is 3.59. The molecule has 0 spiro atoms. The lowest BCUT2D eigenvalue weighted by Gasteiger charge is -2.26. The van der Waals surface area contributed by atoms with Gasteiger partial charge >= 0.3 is 0 Å². The molecule has 154 valence electrons. The summed E-state index contributed by atoms with van der Waals surface area (Å²) >= 11 is 0. The van der Waals surface area contributed by atoms with Crippen molar-refractivity contribution in [2.24, 2.45) is 0 Å². The topological polar surface area (TPSA) is 67.3 Å². The van der Waals surface area contributed by atoms with Crippen molar-refractivity contribution in [3.8, 4) is 11.4 Å². The first kappa shape index (κ1) is 19.1. The minimum Gasteiger partial charge on any atom is -0.378 e. The second-order valence-corrected chi connectivity index (χ2v) is 7.18. The van der Waals surface area contributed by atoms with Gasteiger partial charge in [0.25, 0.3) is 5.95 Å². The van der Waals surface area contributed by atoms with E-state index < -0.39 is 0 Å². The Morgan fingerprint density at radius 1 is 0.613 bits per heavy atom. The summed E-state index contributed by atoms with van der Waals surface area (Å²) in [7, 11) is 0. The minimum atomic E-state index is 0.509. The molecule has 0 N–H and O–H groups in total. The standard InChI is InChI=1S/C24H22N6O/c1-3-7-20(8-4-1)30(21-9-5-2-6-10-21)22-13-11-19(12-14-22)23-25-27-24(28-26-23)29-15-17-31-18-16-29/h1-14H,15-18H2. The molecule has 1 fully saturated rings. The Balaban J connectivity index is 1.41. The van der Waals surface area contributed by atoms with Crippen molar-refractivity contribution in [2.45, 2.75) is 0 Å². The van der Waals surface area contributed by atoms with Crippen LogP contribution < -0.4 is 9.80 Å². The normalized spacial score (nSPS) is 13.7. The summed E-state index contributed by atoms with van der Waals surface area (Å²) in [4.78, 5) is 4.25. The summed E-state index contributed by atoms with van der Waals surface area (Å²) < 4.78 is 5.37. The molecule has 5 rings (SSSR count). The Bertz CT molecular complexity index is 1060. The lowest BCUT2D eigenvalue weighted by atomic mass is 10.1. The largest absolute Gasteiger partial charge is 0.378 e. The molecule has 7 nitrogen and oxygen atoms in total. The Labute approximate surface area is 181 Å². The monoisotopic (exact) mass is 410 g/mol. The van der Waals surface area contributed by atoms with Gasteiger partial charge in [-0.25, -0.2) is 0 Å². The van der Waals surface area contributed by atoms with Crippen LogP contribution >= 0.6 is 0 Å². The summed E-state index contributed by atoms with van der Waals surface area (Å²) in [5, 5.41) is 17.1. The molecule has 2 heterocycles. The highest BCUT2D eigenvalue weighted by Gasteiger charge is 2.16. The van der Waals surface area contributed by atoms with Crippen LogP contribution in [0.4, 0.5) is 23.0 Å². The fourth-order valence-corrected chi connectivity index (χ4v) is 3.59. The molecule has 4 aromatic rings. The molecule has 1 aromatic heterocycles. The van der Waals surface area contributed by atoms with E-state index in [1.54, 1.807) is 0 Å². The predicted octanol–water partition coefficient (Wildman–Crippen LogP) is 4.24. The van der Waals surface area contributed by atoms with Gasteiger partial charge in [-0.15, -0.1) is 20.4 Å². The van der Waals surface area contributed by atoms with Crippen LogP contribution in [-0.2, 0) is 4.74 Å². The maximum absolute atomic E-state index is 5.37. The van der Waals surface area contributed by atoms with Crippen LogP contribution in [0.2, 0.25) is 0 Å². The summed E-state index contributed by atoms with van der Waals surface area (Å²) in [5.74, 6) is 1.05. The SMILES string of the molecule is c1ccc(N(c2ccccc2)c2ccc(-c3nnc(N4CCOCC4)nn3)cc2)cc1. The van der Waals surface area contributed by atoms with Crippen LogP contribution in [0, 0.1) is 0 Å². The first-order valence-corrected chi connectivity index (χ1v) is 10.3. The number of rotatable bonds is 5. The van der Waals surface area contributed by atoms with Gasteiger partial charge in [0.1, 0.15) is 0 Å². The third-order valence-corrected chi connectivity index (χ3v) is 5.17. The van der Waals surface area contributed by atoms with Gasteiger partial charge in [0.2, 0.25) is 5.82 Å². The van der Waals surface area contributed by atoms with Crippen LogP contribution in [0.1, 0.15) is 0 Å². The highest BCUT2D eigenvalue weighted by atomic mass is 16.5. The fraction of sp³-hybridized carbons (Fsp3) is 0.167. The summed E-state index contributed by atoms with van der Waals surface area (Å²) in [5.41, 5.74) is 4.11. The number of nitrogens with zero attached hydrogens (tertiary/aromatic N) is 6. The van der Waals surface area contributed by atoms with Gasteiger partial charge in [0, 0.05) is 35.7 Å². The molecular formula is C24H22N6O.